The van der Waals surface area contributed by atoms with Crippen molar-refractivity contribution in [3.63, 3.8) is 0 Å². The van der Waals surface area contributed by atoms with E-state index in [0.717, 1.165) is 19.6 Å². The number of carbonyl (C=O) groups is 1. The van der Waals surface area contributed by atoms with Crippen LogP contribution in [0, 0.1) is 5.82 Å². The molecule has 0 saturated carbocycles. The number of benzene rings is 1. The lowest BCUT2D eigenvalue weighted by molar-refractivity contribution is -0.123. The highest BCUT2D eigenvalue weighted by molar-refractivity contribution is 5.78. The number of carbonyl (C=O) groups excluding carboxylic acids is 1. The zero-order valence-electron chi connectivity index (χ0n) is 12.3. The fourth-order valence-corrected chi connectivity index (χ4v) is 2.27. The number of piperazine rings is 1. The summed E-state index contributed by atoms with van der Waals surface area (Å²) in [6.45, 7) is 5.96. The van der Waals surface area contributed by atoms with Crippen molar-refractivity contribution in [2.45, 2.75) is 13.0 Å². The number of halogens is 1. The van der Waals surface area contributed by atoms with Gasteiger partial charge < -0.3 is 15.4 Å². The molecule has 1 atom stereocenters. The van der Waals surface area contributed by atoms with Crippen LogP contribution < -0.4 is 15.4 Å². The molecule has 1 fully saturated rings. The molecule has 0 aromatic heterocycles. The number of amides is 1. The molecule has 1 aliphatic heterocycles. The van der Waals surface area contributed by atoms with Gasteiger partial charge in [0.05, 0.1) is 13.1 Å². The molecule has 0 aliphatic carbocycles. The van der Waals surface area contributed by atoms with E-state index in [9.17, 15) is 9.18 Å². The predicted molar refractivity (Wildman–Crippen MR) is 78.8 cm³/mol. The summed E-state index contributed by atoms with van der Waals surface area (Å²) in [6.07, 6.45) is 0. The van der Waals surface area contributed by atoms with Gasteiger partial charge in [-0.3, -0.25) is 9.69 Å². The highest BCUT2D eigenvalue weighted by Gasteiger charge is 2.19. The molecule has 0 bridgehead atoms. The lowest BCUT2D eigenvalue weighted by Crippen LogP contribution is -2.52. The molecule has 1 amide bonds. The second kappa shape index (κ2) is 7.95. The van der Waals surface area contributed by atoms with Gasteiger partial charge >= 0.3 is 0 Å². The van der Waals surface area contributed by atoms with Gasteiger partial charge in [0.2, 0.25) is 5.91 Å². The first-order valence-corrected chi connectivity index (χ1v) is 7.25. The summed E-state index contributed by atoms with van der Waals surface area (Å²) >= 11 is 0. The van der Waals surface area contributed by atoms with E-state index in [1.54, 1.807) is 12.1 Å². The summed E-state index contributed by atoms with van der Waals surface area (Å²) in [7, 11) is 0. The van der Waals surface area contributed by atoms with E-state index in [1.165, 1.54) is 12.1 Å². The van der Waals surface area contributed by atoms with Crippen molar-refractivity contribution in [2.75, 3.05) is 39.3 Å². The van der Waals surface area contributed by atoms with Crippen molar-refractivity contribution in [3.05, 3.63) is 30.1 Å². The molecule has 1 saturated heterocycles. The molecule has 2 N–H and O–H groups in total. The van der Waals surface area contributed by atoms with Gasteiger partial charge in [-0.15, -0.1) is 0 Å². The Labute approximate surface area is 124 Å². The minimum atomic E-state index is -0.329. The SMILES string of the molecule is C[C@H]1CNCCN1CC(=O)NCCOc1cccc(F)c1. The largest absolute Gasteiger partial charge is 0.492 e. The highest BCUT2D eigenvalue weighted by atomic mass is 19.1. The third kappa shape index (κ3) is 5.32. The topological polar surface area (TPSA) is 53.6 Å². The summed E-state index contributed by atoms with van der Waals surface area (Å²) in [5.74, 6) is 0.135. The number of nitrogens with one attached hydrogen (secondary N) is 2. The zero-order valence-corrected chi connectivity index (χ0v) is 12.3. The first kappa shape index (κ1) is 15.7. The average molecular weight is 295 g/mol. The molecule has 1 aromatic rings. The maximum absolute atomic E-state index is 12.9. The average Bonchev–Trinajstić information content (AvgIpc) is 2.46. The third-order valence-electron chi connectivity index (χ3n) is 3.47. The molecule has 1 aliphatic rings. The molecule has 0 radical (unpaired) electrons. The number of hydrogen-bond donors (Lipinski definition) is 2. The van der Waals surface area contributed by atoms with Gasteiger partial charge in [-0.2, -0.15) is 0 Å². The molecule has 6 heteroatoms. The fourth-order valence-electron chi connectivity index (χ4n) is 2.27. The first-order chi connectivity index (χ1) is 10.1. The fraction of sp³-hybridized carbons (Fsp3) is 0.533. The minimum Gasteiger partial charge on any atom is -0.492 e. The second-order valence-electron chi connectivity index (χ2n) is 5.18. The normalized spacial score (nSPS) is 19.2. The minimum absolute atomic E-state index is 0.00778. The van der Waals surface area contributed by atoms with Crippen molar-refractivity contribution in [2.24, 2.45) is 0 Å². The van der Waals surface area contributed by atoms with Gasteiger partial charge in [0.15, 0.2) is 0 Å². The van der Waals surface area contributed by atoms with Crippen LogP contribution in [0.4, 0.5) is 4.39 Å². The Morgan fingerprint density at radius 1 is 1.57 bits per heavy atom. The van der Waals surface area contributed by atoms with E-state index in [0.29, 0.717) is 31.5 Å². The molecule has 116 valence electrons. The molecule has 0 unspecified atom stereocenters. The van der Waals surface area contributed by atoms with Crippen LogP contribution in [0.25, 0.3) is 0 Å². The molecule has 0 spiro atoms. The molecule has 1 aromatic carbocycles. The Hall–Kier alpha value is -1.66. The number of hydrogen-bond acceptors (Lipinski definition) is 4. The van der Waals surface area contributed by atoms with Gasteiger partial charge in [-0.1, -0.05) is 6.07 Å². The summed E-state index contributed by atoms with van der Waals surface area (Å²) in [5, 5.41) is 6.10. The van der Waals surface area contributed by atoms with E-state index in [2.05, 4.69) is 22.5 Å². The van der Waals surface area contributed by atoms with Crippen LogP contribution >= 0.6 is 0 Å². The van der Waals surface area contributed by atoms with Crippen LogP contribution in [-0.2, 0) is 4.79 Å². The van der Waals surface area contributed by atoms with Crippen molar-refractivity contribution in [1.82, 2.24) is 15.5 Å². The maximum atomic E-state index is 12.9. The van der Waals surface area contributed by atoms with E-state index in [4.69, 9.17) is 4.74 Å². The van der Waals surface area contributed by atoms with Crippen molar-refractivity contribution < 1.29 is 13.9 Å². The van der Waals surface area contributed by atoms with Gasteiger partial charge in [-0.05, 0) is 19.1 Å². The van der Waals surface area contributed by atoms with Crippen molar-refractivity contribution in [1.29, 1.82) is 0 Å². The summed E-state index contributed by atoms with van der Waals surface area (Å²) in [6, 6.07) is 6.34. The summed E-state index contributed by atoms with van der Waals surface area (Å²) in [4.78, 5) is 14.0. The molecule has 21 heavy (non-hydrogen) atoms. The molecule has 2 rings (SSSR count). The van der Waals surface area contributed by atoms with E-state index in [-0.39, 0.29) is 11.7 Å². The first-order valence-electron chi connectivity index (χ1n) is 7.25. The Kier molecular flexibility index (Phi) is 5.95. The molecular formula is C15H22FN3O2. The number of nitrogens with zero attached hydrogens (tertiary/aromatic N) is 1. The number of rotatable bonds is 6. The van der Waals surface area contributed by atoms with Gasteiger partial charge in [-0.25, -0.2) is 4.39 Å². The zero-order chi connectivity index (χ0) is 15.1. The van der Waals surface area contributed by atoms with Crippen molar-refractivity contribution >= 4 is 5.91 Å². The van der Waals surface area contributed by atoms with Crippen LogP contribution in [0.1, 0.15) is 6.92 Å². The van der Waals surface area contributed by atoms with Crippen LogP contribution in [0.15, 0.2) is 24.3 Å². The smallest absolute Gasteiger partial charge is 0.234 e. The van der Waals surface area contributed by atoms with Crippen LogP contribution in [0.2, 0.25) is 0 Å². The Morgan fingerprint density at radius 3 is 3.19 bits per heavy atom. The monoisotopic (exact) mass is 295 g/mol. The molecule has 1 heterocycles. The van der Waals surface area contributed by atoms with E-state index < -0.39 is 0 Å². The Bertz CT molecular complexity index is 470. The standard InChI is InChI=1S/C15H22FN3O2/c1-12-10-17-5-7-19(12)11-15(20)18-6-8-21-14-4-2-3-13(16)9-14/h2-4,9,12,17H,5-8,10-11H2,1H3,(H,18,20)/t12-/m0/s1. The molecule has 5 nitrogen and oxygen atoms in total. The Morgan fingerprint density at radius 2 is 2.43 bits per heavy atom. The predicted octanol–water partition coefficient (Wildman–Crippen LogP) is 0.614. The van der Waals surface area contributed by atoms with Gasteiger partial charge in [0.1, 0.15) is 18.2 Å². The van der Waals surface area contributed by atoms with Crippen LogP contribution in [0.3, 0.4) is 0 Å². The van der Waals surface area contributed by atoms with E-state index >= 15 is 0 Å². The van der Waals surface area contributed by atoms with E-state index in [1.807, 2.05) is 0 Å². The summed E-state index contributed by atoms with van der Waals surface area (Å²) in [5.41, 5.74) is 0. The summed E-state index contributed by atoms with van der Waals surface area (Å²) < 4.78 is 18.3. The third-order valence-corrected chi connectivity index (χ3v) is 3.47. The van der Waals surface area contributed by atoms with Gasteiger partial charge in [0.25, 0.3) is 0 Å². The van der Waals surface area contributed by atoms with Crippen LogP contribution in [-0.4, -0.2) is 56.2 Å². The second-order valence-corrected chi connectivity index (χ2v) is 5.18. The van der Waals surface area contributed by atoms with Gasteiger partial charge in [0, 0.05) is 31.7 Å². The molecular weight excluding hydrogens is 273 g/mol. The quantitative estimate of drug-likeness (QED) is 0.755. The highest BCUT2D eigenvalue weighted by Crippen LogP contribution is 2.11. The van der Waals surface area contributed by atoms with Crippen LogP contribution in [0.5, 0.6) is 5.75 Å². The van der Waals surface area contributed by atoms with Crippen molar-refractivity contribution in [3.8, 4) is 5.75 Å². The maximum Gasteiger partial charge on any atom is 0.234 e. The number of ether oxygens (including phenoxy) is 1. The Balaban J connectivity index is 1.63. The lowest BCUT2D eigenvalue weighted by Gasteiger charge is -2.33. The lowest BCUT2D eigenvalue weighted by atomic mass is 10.2.